The van der Waals surface area contributed by atoms with Crippen LogP contribution < -0.4 is 20.4 Å². The highest BCUT2D eigenvalue weighted by molar-refractivity contribution is 6.00. The number of piperazine rings is 1. The van der Waals surface area contributed by atoms with E-state index >= 15 is 0 Å². The van der Waals surface area contributed by atoms with Gasteiger partial charge in [-0.25, -0.2) is 4.98 Å². The average Bonchev–Trinajstić information content (AvgIpc) is 3.15. The minimum absolute atomic E-state index is 0.0531. The topological polar surface area (TPSA) is 106 Å². The number of aliphatic hydroxyl groups is 1. The number of rotatable bonds is 4. The summed E-state index contributed by atoms with van der Waals surface area (Å²) in [5.41, 5.74) is 2.10. The number of aliphatic hydroxyl groups excluding tert-OH is 1. The molecular weight excluding hydrogens is 386 g/mol. The third kappa shape index (κ3) is 3.59. The number of hydrogen-bond donors (Lipinski definition) is 3. The quantitative estimate of drug-likeness (QED) is 0.654. The largest absolute Gasteiger partial charge is 0.366 e. The first-order valence-electron chi connectivity index (χ1n) is 9.97. The summed E-state index contributed by atoms with van der Waals surface area (Å²) < 4.78 is 1.50. The molecule has 10 nitrogen and oxygen atoms in total. The van der Waals surface area contributed by atoms with Crippen LogP contribution >= 0.6 is 0 Å². The lowest BCUT2D eigenvalue weighted by Gasteiger charge is -2.36. The smallest absolute Gasteiger partial charge is 0.277 e. The lowest BCUT2D eigenvalue weighted by atomic mass is 10.1. The Labute approximate surface area is 175 Å². The fraction of sp³-hybridized carbons (Fsp3) is 0.450. The molecule has 160 valence electrons. The fourth-order valence-corrected chi connectivity index (χ4v) is 3.93. The Bertz CT molecular complexity index is 942. The molecule has 0 saturated carbocycles. The molecule has 1 fully saturated rings. The molecule has 0 bridgehead atoms. The summed E-state index contributed by atoms with van der Waals surface area (Å²) in [6, 6.07) is 8.19. The Kier molecular flexibility index (Phi) is 5.35. The highest BCUT2D eigenvalue weighted by atomic mass is 16.3. The predicted octanol–water partition coefficient (Wildman–Crippen LogP) is 0.118. The molecule has 3 heterocycles. The third-order valence-electron chi connectivity index (χ3n) is 5.67. The molecule has 2 atom stereocenters. The minimum atomic E-state index is -1.08. The molecule has 2 aliphatic heterocycles. The van der Waals surface area contributed by atoms with E-state index in [4.69, 9.17) is 0 Å². The van der Waals surface area contributed by atoms with Crippen molar-refractivity contribution in [1.29, 1.82) is 0 Å². The first-order valence-corrected chi connectivity index (χ1v) is 9.97. The van der Waals surface area contributed by atoms with Crippen molar-refractivity contribution in [3.05, 3.63) is 36.3 Å². The van der Waals surface area contributed by atoms with Crippen LogP contribution in [0.25, 0.3) is 0 Å². The van der Waals surface area contributed by atoms with Crippen LogP contribution in [0.4, 0.5) is 17.2 Å². The maximum absolute atomic E-state index is 12.6. The minimum Gasteiger partial charge on any atom is -0.366 e. The number of nitrogens with one attached hydrogen (secondary N) is 2. The number of imidazole rings is 1. The zero-order valence-corrected chi connectivity index (χ0v) is 17.4. The number of amides is 2. The van der Waals surface area contributed by atoms with Gasteiger partial charge in [0.15, 0.2) is 11.5 Å². The maximum Gasteiger partial charge on any atom is 0.277 e. The molecule has 0 spiro atoms. The number of anilines is 3. The van der Waals surface area contributed by atoms with Crippen molar-refractivity contribution in [2.24, 2.45) is 0 Å². The second-order valence-corrected chi connectivity index (χ2v) is 7.76. The van der Waals surface area contributed by atoms with E-state index in [0.29, 0.717) is 17.5 Å². The molecule has 2 aromatic rings. The van der Waals surface area contributed by atoms with Crippen molar-refractivity contribution >= 4 is 29.0 Å². The van der Waals surface area contributed by atoms with Gasteiger partial charge < -0.3 is 30.1 Å². The van der Waals surface area contributed by atoms with Crippen LogP contribution in [-0.4, -0.2) is 77.5 Å². The summed E-state index contributed by atoms with van der Waals surface area (Å²) in [5, 5.41) is 16.3. The summed E-state index contributed by atoms with van der Waals surface area (Å²) in [6.45, 7) is 4.99. The van der Waals surface area contributed by atoms with Gasteiger partial charge in [0.05, 0.1) is 6.33 Å². The van der Waals surface area contributed by atoms with E-state index in [0.717, 1.165) is 25.3 Å². The fourth-order valence-electron chi connectivity index (χ4n) is 3.93. The lowest BCUT2D eigenvalue weighted by Crippen LogP contribution is -2.52. The van der Waals surface area contributed by atoms with Gasteiger partial charge in [0.25, 0.3) is 5.91 Å². The Morgan fingerprint density at radius 3 is 2.70 bits per heavy atom. The molecule has 3 N–H and O–H groups in total. The van der Waals surface area contributed by atoms with E-state index in [2.05, 4.69) is 27.4 Å². The number of carbonyl (C=O) groups excluding carboxylic acids is 2. The monoisotopic (exact) mass is 413 g/mol. The Morgan fingerprint density at radius 2 is 2.00 bits per heavy atom. The molecule has 0 radical (unpaired) electrons. The summed E-state index contributed by atoms with van der Waals surface area (Å²) in [7, 11) is 3.15. The van der Waals surface area contributed by atoms with Gasteiger partial charge in [-0.05, 0) is 31.2 Å². The van der Waals surface area contributed by atoms with Crippen LogP contribution in [0.5, 0.6) is 0 Å². The van der Waals surface area contributed by atoms with Gasteiger partial charge >= 0.3 is 0 Å². The van der Waals surface area contributed by atoms with Crippen molar-refractivity contribution in [3.63, 3.8) is 0 Å². The number of carbonyl (C=O) groups is 2. The molecule has 1 saturated heterocycles. The second kappa shape index (κ2) is 7.96. The molecule has 0 aliphatic carbocycles. The van der Waals surface area contributed by atoms with Crippen LogP contribution in [0, 0.1) is 0 Å². The number of aromatic nitrogens is 2. The molecule has 1 aromatic heterocycles. The van der Waals surface area contributed by atoms with E-state index < -0.39 is 6.35 Å². The van der Waals surface area contributed by atoms with Gasteiger partial charge in [0, 0.05) is 51.1 Å². The van der Waals surface area contributed by atoms with E-state index in [1.54, 1.807) is 7.05 Å². The number of hydrogen-bond acceptors (Lipinski definition) is 7. The van der Waals surface area contributed by atoms with Crippen molar-refractivity contribution in [3.8, 4) is 0 Å². The highest BCUT2D eigenvalue weighted by Crippen LogP contribution is 2.27. The molecule has 2 amide bonds. The van der Waals surface area contributed by atoms with Gasteiger partial charge in [-0.15, -0.1) is 0 Å². The van der Waals surface area contributed by atoms with E-state index in [1.165, 1.54) is 27.7 Å². The normalized spacial score (nSPS) is 21.6. The van der Waals surface area contributed by atoms with Gasteiger partial charge in [-0.2, -0.15) is 0 Å². The van der Waals surface area contributed by atoms with Crippen LogP contribution in [0.15, 0.2) is 30.6 Å². The number of nitrogens with zero attached hydrogens (tertiary/aromatic N) is 5. The maximum atomic E-state index is 12.6. The van der Waals surface area contributed by atoms with Crippen LogP contribution in [-0.2, 0) is 11.3 Å². The van der Waals surface area contributed by atoms with Gasteiger partial charge in [0.1, 0.15) is 6.54 Å². The van der Waals surface area contributed by atoms with Gasteiger partial charge in [-0.1, -0.05) is 0 Å². The van der Waals surface area contributed by atoms with Crippen molar-refractivity contribution in [2.75, 3.05) is 48.8 Å². The lowest BCUT2D eigenvalue weighted by molar-refractivity contribution is -0.116. The van der Waals surface area contributed by atoms with E-state index in [-0.39, 0.29) is 24.1 Å². The van der Waals surface area contributed by atoms with Crippen LogP contribution in [0.3, 0.4) is 0 Å². The highest BCUT2D eigenvalue weighted by Gasteiger charge is 2.36. The van der Waals surface area contributed by atoms with E-state index in [1.807, 2.05) is 24.3 Å². The zero-order chi connectivity index (χ0) is 21.4. The summed E-state index contributed by atoms with van der Waals surface area (Å²) in [6.07, 6.45) is 0.360. The Hall–Kier alpha value is -3.11. The number of benzene rings is 1. The third-order valence-corrected chi connectivity index (χ3v) is 5.67. The zero-order valence-electron chi connectivity index (χ0n) is 17.4. The van der Waals surface area contributed by atoms with E-state index in [9.17, 15) is 14.7 Å². The first-order chi connectivity index (χ1) is 14.4. The molecule has 10 heteroatoms. The molecule has 1 unspecified atom stereocenters. The molecule has 1 aromatic carbocycles. The second-order valence-electron chi connectivity index (χ2n) is 7.76. The van der Waals surface area contributed by atoms with Crippen molar-refractivity contribution in [1.82, 2.24) is 19.8 Å². The summed E-state index contributed by atoms with van der Waals surface area (Å²) >= 11 is 0. The average molecular weight is 413 g/mol. The van der Waals surface area contributed by atoms with Crippen LogP contribution in [0.1, 0.15) is 17.4 Å². The molecular formula is C20H27N7O3. The first kappa shape index (κ1) is 20.2. The van der Waals surface area contributed by atoms with Gasteiger partial charge in [-0.3, -0.25) is 14.5 Å². The molecule has 30 heavy (non-hydrogen) atoms. The van der Waals surface area contributed by atoms with Gasteiger partial charge in [0.2, 0.25) is 12.3 Å². The van der Waals surface area contributed by atoms with Crippen LogP contribution in [0.2, 0.25) is 0 Å². The summed E-state index contributed by atoms with van der Waals surface area (Å²) in [5.74, 6) is -0.286. The molecule has 2 aliphatic rings. The SMILES string of the molecule is C[C@@H]1CNCCN1c1ccc(NC(=O)Cn2cnc3c2C(=O)N(C)C(O)N3C)cc1. The van der Waals surface area contributed by atoms with Crippen molar-refractivity contribution < 1.29 is 14.7 Å². The summed E-state index contributed by atoms with van der Waals surface area (Å²) in [4.78, 5) is 34.3. The number of fused-ring (bicyclic) bond motifs is 1. The Morgan fingerprint density at radius 1 is 1.27 bits per heavy atom. The van der Waals surface area contributed by atoms with Crippen molar-refractivity contribution in [2.45, 2.75) is 25.9 Å². The Balaban J connectivity index is 1.44. The predicted molar refractivity (Wildman–Crippen MR) is 113 cm³/mol. The molecule has 4 rings (SSSR count). The standard InChI is InChI=1S/C20H27N7O3/c1-13-10-21-8-9-27(13)15-6-4-14(5-7-15)23-16(28)11-26-12-22-18-17(26)19(29)25(3)20(30)24(18)2/h4-7,12-13,20-21,30H,8-11H2,1-3H3,(H,23,28)/t13-,20?/m1/s1.